The van der Waals surface area contributed by atoms with Gasteiger partial charge in [-0.25, -0.2) is 0 Å². The summed E-state index contributed by atoms with van der Waals surface area (Å²) in [7, 11) is 0. The molecule has 0 aliphatic heterocycles. The van der Waals surface area contributed by atoms with Gasteiger partial charge in [0.2, 0.25) is 11.8 Å². The van der Waals surface area contributed by atoms with E-state index in [0.29, 0.717) is 35.1 Å². The number of amides is 2. The molecule has 6 heteroatoms. The number of carbonyl (C=O) groups is 2. The predicted octanol–water partition coefficient (Wildman–Crippen LogP) is 5.70. The van der Waals surface area contributed by atoms with Gasteiger partial charge in [-0.3, -0.25) is 9.59 Å². The van der Waals surface area contributed by atoms with Crippen molar-refractivity contribution >= 4 is 35.0 Å². The summed E-state index contributed by atoms with van der Waals surface area (Å²) in [6.07, 6.45) is 1.23. The van der Waals surface area contributed by atoms with E-state index in [2.05, 4.69) is 5.32 Å². The molecule has 0 spiro atoms. The van der Waals surface area contributed by atoms with Gasteiger partial charge in [0.25, 0.3) is 0 Å². The summed E-state index contributed by atoms with van der Waals surface area (Å²) < 4.78 is 0. The molecule has 4 nitrogen and oxygen atoms in total. The standard InChI is InChI=1S/C27H28Cl2N2O2/c1-2-16-30-27(33)25(17-20-10-5-3-6-11-20)31(19-21-12-7-4-8-13-21)26(32)18-22-23(28)14-9-15-24(22)29/h3-15,25H,2,16-19H2,1H3,(H,30,33)/t25-/m0/s1. The number of nitrogens with one attached hydrogen (secondary N) is 1. The summed E-state index contributed by atoms with van der Waals surface area (Å²) in [4.78, 5) is 28.6. The Morgan fingerprint density at radius 2 is 1.42 bits per heavy atom. The van der Waals surface area contributed by atoms with Crippen molar-refractivity contribution in [3.8, 4) is 0 Å². The zero-order valence-electron chi connectivity index (χ0n) is 18.6. The van der Waals surface area contributed by atoms with E-state index in [1.54, 1.807) is 23.1 Å². The number of hydrogen-bond acceptors (Lipinski definition) is 2. The van der Waals surface area contributed by atoms with Crippen molar-refractivity contribution in [3.05, 3.63) is 106 Å². The zero-order valence-corrected chi connectivity index (χ0v) is 20.1. The largest absolute Gasteiger partial charge is 0.354 e. The van der Waals surface area contributed by atoms with Gasteiger partial charge in [0.1, 0.15) is 6.04 Å². The van der Waals surface area contributed by atoms with Gasteiger partial charge in [-0.05, 0) is 35.2 Å². The number of halogens is 2. The molecule has 0 heterocycles. The van der Waals surface area contributed by atoms with Gasteiger partial charge in [0.05, 0.1) is 6.42 Å². The van der Waals surface area contributed by atoms with Crippen LogP contribution in [-0.4, -0.2) is 29.3 Å². The van der Waals surface area contributed by atoms with Gasteiger partial charge in [-0.15, -0.1) is 0 Å². The molecule has 0 saturated heterocycles. The summed E-state index contributed by atoms with van der Waals surface area (Å²) in [5.41, 5.74) is 2.49. The molecule has 0 aromatic heterocycles. The van der Waals surface area contributed by atoms with Gasteiger partial charge in [-0.2, -0.15) is 0 Å². The molecule has 0 radical (unpaired) electrons. The number of rotatable bonds is 10. The number of carbonyl (C=O) groups excluding carboxylic acids is 2. The molecule has 33 heavy (non-hydrogen) atoms. The number of nitrogens with zero attached hydrogens (tertiary/aromatic N) is 1. The minimum absolute atomic E-state index is 0.0116. The fourth-order valence-electron chi connectivity index (χ4n) is 3.65. The third-order valence-corrected chi connectivity index (χ3v) is 6.11. The molecule has 2 amide bonds. The van der Waals surface area contributed by atoms with E-state index in [1.807, 2.05) is 67.6 Å². The Kier molecular flexibility index (Phi) is 9.35. The Morgan fingerprint density at radius 1 is 0.848 bits per heavy atom. The predicted molar refractivity (Wildman–Crippen MR) is 134 cm³/mol. The first-order valence-corrected chi connectivity index (χ1v) is 11.8. The molecule has 172 valence electrons. The van der Waals surface area contributed by atoms with Crippen LogP contribution in [0, 0.1) is 0 Å². The monoisotopic (exact) mass is 482 g/mol. The average molecular weight is 483 g/mol. The van der Waals surface area contributed by atoms with E-state index in [-0.39, 0.29) is 18.2 Å². The van der Waals surface area contributed by atoms with Gasteiger partial charge in [-0.1, -0.05) is 96.9 Å². The Hall–Kier alpha value is -2.82. The van der Waals surface area contributed by atoms with Crippen LogP contribution in [0.4, 0.5) is 0 Å². The van der Waals surface area contributed by atoms with E-state index < -0.39 is 6.04 Å². The Labute approximate surface area is 205 Å². The molecular weight excluding hydrogens is 455 g/mol. The van der Waals surface area contributed by atoms with Crippen molar-refractivity contribution in [2.24, 2.45) is 0 Å². The van der Waals surface area contributed by atoms with Crippen LogP contribution in [0.15, 0.2) is 78.9 Å². The molecule has 3 rings (SSSR count). The summed E-state index contributed by atoms with van der Waals surface area (Å²) in [5.74, 6) is -0.378. The van der Waals surface area contributed by atoms with Crippen LogP contribution < -0.4 is 5.32 Å². The quantitative estimate of drug-likeness (QED) is 0.402. The zero-order chi connectivity index (χ0) is 23.6. The van der Waals surface area contributed by atoms with Crippen molar-refractivity contribution in [1.82, 2.24) is 10.2 Å². The highest BCUT2D eigenvalue weighted by Crippen LogP contribution is 2.26. The topological polar surface area (TPSA) is 49.4 Å². The molecule has 0 unspecified atom stereocenters. The van der Waals surface area contributed by atoms with Gasteiger partial charge in [0.15, 0.2) is 0 Å². The maximum Gasteiger partial charge on any atom is 0.243 e. The van der Waals surface area contributed by atoms with Crippen LogP contribution in [0.2, 0.25) is 10.0 Å². The van der Waals surface area contributed by atoms with E-state index >= 15 is 0 Å². The van der Waals surface area contributed by atoms with Crippen molar-refractivity contribution in [2.75, 3.05) is 6.54 Å². The summed E-state index contributed by atoms with van der Waals surface area (Å²) >= 11 is 12.7. The Balaban J connectivity index is 1.97. The highest BCUT2D eigenvalue weighted by atomic mass is 35.5. The molecular formula is C27H28Cl2N2O2. The molecule has 0 aliphatic rings. The third-order valence-electron chi connectivity index (χ3n) is 5.41. The van der Waals surface area contributed by atoms with Crippen molar-refractivity contribution in [3.63, 3.8) is 0 Å². The molecule has 0 fully saturated rings. The van der Waals surface area contributed by atoms with E-state index in [9.17, 15) is 9.59 Å². The number of benzene rings is 3. The Bertz CT molecular complexity index is 1040. The molecule has 3 aromatic rings. The van der Waals surface area contributed by atoms with Gasteiger partial charge >= 0.3 is 0 Å². The molecule has 1 N–H and O–H groups in total. The highest BCUT2D eigenvalue weighted by Gasteiger charge is 2.30. The molecule has 3 aromatic carbocycles. The van der Waals surface area contributed by atoms with Crippen LogP contribution in [0.25, 0.3) is 0 Å². The lowest BCUT2D eigenvalue weighted by atomic mass is 10.0. The smallest absolute Gasteiger partial charge is 0.243 e. The van der Waals surface area contributed by atoms with E-state index in [0.717, 1.165) is 17.5 Å². The normalized spacial score (nSPS) is 11.6. The Morgan fingerprint density at radius 3 is 2.00 bits per heavy atom. The molecule has 1 atom stereocenters. The van der Waals surface area contributed by atoms with Crippen LogP contribution in [0.3, 0.4) is 0 Å². The first-order valence-electron chi connectivity index (χ1n) is 11.1. The van der Waals surface area contributed by atoms with Gasteiger partial charge < -0.3 is 10.2 Å². The van der Waals surface area contributed by atoms with E-state index in [4.69, 9.17) is 23.2 Å². The first kappa shape index (κ1) is 24.8. The average Bonchev–Trinajstić information content (AvgIpc) is 2.83. The minimum Gasteiger partial charge on any atom is -0.354 e. The molecule has 0 saturated carbocycles. The second kappa shape index (κ2) is 12.4. The lowest BCUT2D eigenvalue weighted by Crippen LogP contribution is -2.51. The highest BCUT2D eigenvalue weighted by molar-refractivity contribution is 6.36. The lowest BCUT2D eigenvalue weighted by molar-refractivity contribution is -0.140. The number of hydrogen-bond donors (Lipinski definition) is 1. The summed E-state index contributed by atoms with van der Waals surface area (Å²) in [6, 6.07) is 23.9. The minimum atomic E-state index is -0.673. The van der Waals surface area contributed by atoms with Crippen LogP contribution >= 0.6 is 23.2 Å². The van der Waals surface area contributed by atoms with Gasteiger partial charge in [0, 0.05) is 29.6 Å². The summed E-state index contributed by atoms with van der Waals surface area (Å²) in [6.45, 7) is 2.85. The second-order valence-electron chi connectivity index (χ2n) is 7.88. The van der Waals surface area contributed by atoms with Crippen molar-refractivity contribution < 1.29 is 9.59 Å². The van der Waals surface area contributed by atoms with Crippen molar-refractivity contribution in [2.45, 2.75) is 38.8 Å². The first-order chi connectivity index (χ1) is 16.0. The molecule has 0 aliphatic carbocycles. The SMILES string of the molecule is CCCNC(=O)[C@H](Cc1ccccc1)N(Cc1ccccc1)C(=O)Cc1c(Cl)cccc1Cl. The molecule has 0 bridgehead atoms. The summed E-state index contributed by atoms with van der Waals surface area (Å²) in [5, 5.41) is 3.85. The van der Waals surface area contributed by atoms with Crippen LogP contribution in [-0.2, 0) is 29.0 Å². The van der Waals surface area contributed by atoms with Crippen LogP contribution in [0.1, 0.15) is 30.0 Å². The maximum absolute atomic E-state index is 13.7. The maximum atomic E-state index is 13.7. The lowest BCUT2D eigenvalue weighted by Gasteiger charge is -2.32. The third kappa shape index (κ3) is 7.08. The fraction of sp³-hybridized carbons (Fsp3) is 0.259. The van der Waals surface area contributed by atoms with Crippen molar-refractivity contribution in [1.29, 1.82) is 0 Å². The van der Waals surface area contributed by atoms with Crippen LogP contribution in [0.5, 0.6) is 0 Å². The second-order valence-corrected chi connectivity index (χ2v) is 8.70. The fourth-order valence-corrected chi connectivity index (χ4v) is 4.19. The van der Waals surface area contributed by atoms with E-state index in [1.165, 1.54) is 0 Å².